The minimum absolute atomic E-state index is 0.0922. The van der Waals surface area contributed by atoms with Crippen molar-refractivity contribution >= 4 is 33.6 Å². The Kier molecular flexibility index (Phi) is 74.9. The van der Waals surface area contributed by atoms with Gasteiger partial charge in [0.05, 0.1) is 26.4 Å². The molecule has 0 rings (SSSR count). The second-order valence-electron chi connectivity index (χ2n) is 27.5. The molecule has 0 amide bonds. The number of carbonyl (C=O) groups is 3. The van der Waals surface area contributed by atoms with Crippen LogP contribution in [0.15, 0.2) is 109 Å². The van der Waals surface area contributed by atoms with Crippen LogP contribution in [0.1, 0.15) is 355 Å². The number of aliphatic hydroxyl groups is 2. The van der Waals surface area contributed by atoms with Crippen molar-refractivity contribution in [2.45, 2.75) is 373 Å². The average Bonchev–Trinajstić information content (AvgIpc) is 0.925. The molecule has 0 aliphatic carbocycles. The largest absolute Gasteiger partial charge is 0.472 e. The highest BCUT2D eigenvalue weighted by molar-refractivity contribution is 7.47. The molecule has 103 heavy (non-hydrogen) atoms. The van der Waals surface area contributed by atoms with Crippen LogP contribution in [0, 0.1) is 0 Å². The highest BCUT2D eigenvalue weighted by Crippen LogP contribution is 2.45. The Morgan fingerprint density at radius 3 is 0.845 bits per heavy atom. The van der Waals surface area contributed by atoms with Crippen molar-refractivity contribution in [3.63, 3.8) is 0 Å². The lowest BCUT2D eigenvalue weighted by molar-refractivity contribution is -0.161. The Labute approximate surface area is 628 Å². The van der Waals surface area contributed by atoms with Crippen molar-refractivity contribution in [1.82, 2.24) is 0 Å². The maximum absolute atomic E-state index is 12.9. The van der Waals surface area contributed by atoms with E-state index < -0.39 is 91.5 Å². The first kappa shape index (κ1) is 99.2. The van der Waals surface area contributed by atoms with Gasteiger partial charge >= 0.3 is 33.6 Å². The second kappa shape index (κ2) is 77.8. The third-order valence-electron chi connectivity index (χ3n) is 17.5. The predicted octanol–water partition coefficient (Wildman–Crippen LogP) is 24.3. The zero-order valence-corrected chi connectivity index (χ0v) is 67.0. The van der Waals surface area contributed by atoms with Crippen LogP contribution in [-0.2, 0) is 55.8 Å². The quantitative estimate of drug-likeness (QED) is 0.0146. The lowest BCUT2D eigenvalue weighted by Gasteiger charge is -2.21. The molecule has 0 radical (unpaired) electrons. The van der Waals surface area contributed by atoms with Gasteiger partial charge in [0.2, 0.25) is 0 Å². The molecule has 0 saturated heterocycles. The van der Waals surface area contributed by atoms with Gasteiger partial charge in [-0.2, -0.15) is 0 Å². The number of phosphoric ester groups is 2. The third-order valence-corrected chi connectivity index (χ3v) is 19.4. The Bertz CT molecular complexity index is 2310. The molecule has 18 heteroatoms. The molecule has 0 aromatic carbocycles. The first-order valence-corrected chi connectivity index (χ1v) is 44.2. The molecule has 0 saturated carbocycles. The predicted molar refractivity (Wildman–Crippen MR) is 427 cm³/mol. The highest BCUT2D eigenvalue weighted by atomic mass is 31.2. The average molecular weight is 1490 g/mol. The van der Waals surface area contributed by atoms with Crippen LogP contribution in [-0.4, -0.2) is 95.9 Å². The van der Waals surface area contributed by atoms with E-state index >= 15 is 0 Å². The summed E-state index contributed by atoms with van der Waals surface area (Å²) in [5.41, 5.74) is 0. The monoisotopic (exact) mass is 1490 g/mol. The van der Waals surface area contributed by atoms with Crippen LogP contribution in [0.4, 0.5) is 0 Å². The number of esters is 3. The fourth-order valence-electron chi connectivity index (χ4n) is 11.2. The molecule has 4 N–H and O–H groups in total. The third kappa shape index (κ3) is 79.1. The van der Waals surface area contributed by atoms with Gasteiger partial charge in [-0.15, -0.1) is 0 Å². The number of allylic oxidation sites excluding steroid dienone is 18. The Morgan fingerprint density at radius 2 is 0.515 bits per heavy atom. The van der Waals surface area contributed by atoms with Gasteiger partial charge in [-0.25, -0.2) is 9.13 Å². The summed E-state index contributed by atoms with van der Waals surface area (Å²) in [5, 5.41) is 20.6. The SMILES string of the molecule is CC/C=C\C/C=C\C/C=C\C/C=C\C/C=C\CCCCCCCCCCCCCCCCCCCCCC(=O)OCC(O)COP(=O)(O)OCC(O)COP(=O)(O)OCC(COC(=O)CCCCCCCC/C=C\C/C=C\C/C=C\CCCCC)OC(=O)CCCCCCC/C=C\CCCCCC. The number of unbranched alkanes of at least 4 members (excludes halogenated alkanes) is 37. The number of aliphatic hydroxyl groups excluding tert-OH is 2. The van der Waals surface area contributed by atoms with Gasteiger partial charge in [0.25, 0.3) is 0 Å². The first-order chi connectivity index (χ1) is 50.2. The summed E-state index contributed by atoms with van der Waals surface area (Å²) in [7, 11) is -9.79. The fourth-order valence-corrected chi connectivity index (χ4v) is 12.8. The van der Waals surface area contributed by atoms with Crippen LogP contribution in [0.2, 0.25) is 0 Å². The van der Waals surface area contributed by atoms with Crippen molar-refractivity contribution in [3.05, 3.63) is 109 Å². The molecule has 0 fully saturated rings. The summed E-state index contributed by atoms with van der Waals surface area (Å²) in [5.74, 6) is -1.59. The first-order valence-electron chi connectivity index (χ1n) is 41.2. The highest BCUT2D eigenvalue weighted by Gasteiger charge is 2.29. The molecule has 16 nitrogen and oxygen atoms in total. The normalized spacial score (nSPS) is 14.5. The maximum atomic E-state index is 12.9. The number of carbonyl (C=O) groups excluding carboxylic acids is 3. The topological polar surface area (TPSA) is 231 Å². The van der Waals surface area contributed by atoms with E-state index in [1.807, 2.05) is 0 Å². The minimum atomic E-state index is -4.93. The van der Waals surface area contributed by atoms with Crippen LogP contribution in [0.25, 0.3) is 0 Å². The van der Waals surface area contributed by atoms with E-state index in [-0.39, 0.29) is 19.3 Å². The van der Waals surface area contributed by atoms with E-state index in [0.29, 0.717) is 19.3 Å². The number of hydrogen-bond acceptors (Lipinski definition) is 14. The summed E-state index contributed by atoms with van der Waals surface area (Å²) in [6.45, 7) is 2.53. The Morgan fingerprint density at radius 1 is 0.282 bits per heavy atom. The smallest absolute Gasteiger partial charge is 0.463 e. The Hall–Kier alpha value is -3.79. The summed E-state index contributed by atoms with van der Waals surface area (Å²) >= 11 is 0. The Balaban J connectivity index is 4.36. The van der Waals surface area contributed by atoms with Gasteiger partial charge in [0.1, 0.15) is 25.4 Å². The number of rotatable bonds is 78. The minimum Gasteiger partial charge on any atom is -0.463 e. The standard InChI is InChI=1S/C85H150O16P2/c1-4-7-10-13-16-19-22-25-27-29-31-32-33-34-35-36-37-38-39-40-41-42-43-44-45-46-48-50-51-54-56-59-62-65-68-71-83(88)95-74-80(86)75-97-102(91,92)98-76-81(87)77-99-103(93,94)100-79-82(101-85(90)73-70-67-64-61-58-53-24-21-18-15-12-9-6-3)78-96-84(89)72-69-66-63-60-57-55-52-49-47-30-28-26-23-20-17-14-11-8-5-2/h7,10,16-17,19-21,24-28,31-32,34-35,47,49,80-82,86-87H,4-6,8-9,11-15,18,22-23,29-30,33,36-46,48,50-79H2,1-3H3,(H,91,92)(H,93,94)/b10-7-,19-16-,20-17-,24-21-,27-25-,28-26-,32-31-,35-34-,49-47-. The van der Waals surface area contributed by atoms with Gasteiger partial charge in [0.15, 0.2) is 6.10 Å². The van der Waals surface area contributed by atoms with E-state index in [4.69, 9.17) is 32.3 Å². The van der Waals surface area contributed by atoms with Crippen LogP contribution < -0.4 is 0 Å². The number of ether oxygens (including phenoxy) is 3. The summed E-state index contributed by atoms with van der Waals surface area (Å²) < 4.78 is 61.1. The van der Waals surface area contributed by atoms with E-state index in [1.165, 1.54) is 148 Å². The van der Waals surface area contributed by atoms with Crippen LogP contribution >= 0.6 is 15.6 Å². The van der Waals surface area contributed by atoms with Gasteiger partial charge in [-0.1, -0.05) is 316 Å². The molecule has 5 unspecified atom stereocenters. The molecular weight excluding hydrogens is 1340 g/mol. The van der Waals surface area contributed by atoms with Crippen molar-refractivity contribution in [1.29, 1.82) is 0 Å². The molecule has 0 aliphatic heterocycles. The molecule has 0 bridgehead atoms. The summed E-state index contributed by atoms with van der Waals surface area (Å²) in [6, 6.07) is 0. The molecule has 5 atom stereocenters. The molecule has 0 aromatic heterocycles. The second-order valence-corrected chi connectivity index (χ2v) is 30.4. The zero-order valence-electron chi connectivity index (χ0n) is 65.2. The molecule has 0 aliphatic rings. The van der Waals surface area contributed by atoms with E-state index in [2.05, 4.69) is 130 Å². The van der Waals surface area contributed by atoms with E-state index in [1.54, 1.807) is 0 Å². The van der Waals surface area contributed by atoms with Crippen molar-refractivity contribution in [3.8, 4) is 0 Å². The number of hydrogen-bond donors (Lipinski definition) is 4. The zero-order chi connectivity index (χ0) is 75.2. The van der Waals surface area contributed by atoms with Crippen molar-refractivity contribution in [2.75, 3.05) is 39.6 Å². The van der Waals surface area contributed by atoms with Gasteiger partial charge < -0.3 is 34.2 Å². The van der Waals surface area contributed by atoms with E-state index in [9.17, 15) is 43.5 Å². The van der Waals surface area contributed by atoms with Crippen molar-refractivity contribution in [2.24, 2.45) is 0 Å². The molecule has 0 heterocycles. The summed E-state index contributed by atoms with van der Waals surface area (Å²) in [6.07, 6.45) is 91.6. The maximum Gasteiger partial charge on any atom is 0.472 e. The van der Waals surface area contributed by atoms with Crippen molar-refractivity contribution < 1.29 is 75.8 Å². The van der Waals surface area contributed by atoms with Crippen LogP contribution in [0.3, 0.4) is 0 Å². The molecular formula is C85H150O16P2. The van der Waals surface area contributed by atoms with E-state index in [0.717, 1.165) is 148 Å². The van der Waals surface area contributed by atoms with Gasteiger partial charge in [-0.3, -0.25) is 32.5 Å². The molecule has 596 valence electrons. The van der Waals surface area contributed by atoms with Crippen LogP contribution in [0.5, 0.6) is 0 Å². The summed E-state index contributed by atoms with van der Waals surface area (Å²) in [4.78, 5) is 58.6. The van der Waals surface area contributed by atoms with Gasteiger partial charge in [0, 0.05) is 19.3 Å². The fraction of sp³-hybridized carbons (Fsp3) is 0.753. The lowest BCUT2D eigenvalue weighted by Crippen LogP contribution is -2.30. The molecule has 0 aromatic rings. The number of phosphoric acid groups is 2. The lowest BCUT2D eigenvalue weighted by atomic mass is 10.0. The molecule has 0 spiro atoms. The van der Waals surface area contributed by atoms with Gasteiger partial charge in [-0.05, 0) is 128 Å².